The van der Waals surface area contributed by atoms with Crippen molar-refractivity contribution in [3.05, 3.63) is 22.2 Å². The molecule has 0 radical (unpaired) electrons. The third kappa shape index (κ3) is 3.66. The first-order valence-electron chi connectivity index (χ1n) is 6.64. The monoisotopic (exact) mass is 358 g/mol. The highest BCUT2D eigenvalue weighted by atomic mass is 79.9. The summed E-state index contributed by atoms with van der Waals surface area (Å²) in [5.74, 6) is 0.600. The maximum atomic E-state index is 11.3. The van der Waals surface area contributed by atoms with E-state index in [1.54, 1.807) is 14.2 Å². The lowest BCUT2D eigenvalue weighted by Gasteiger charge is -2.33. The smallest absolute Gasteiger partial charge is 0.322 e. The summed E-state index contributed by atoms with van der Waals surface area (Å²) in [6.45, 7) is 2.41. The maximum Gasteiger partial charge on any atom is 0.322 e. The maximum absolute atomic E-state index is 11.3. The number of aliphatic carboxylic acids is 1. The molecule has 1 heterocycles. The SMILES string of the molecule is COc1cc(CN2CCNCC2C(=O)O)c(OC)cc1Br. The molecular weight excluding hydrogens is 340 g/mol. The second-order valence-corrected chi connectivity index (χ2v) is 5.68. The van der Waals surface area contributed by atoms with Crippen molar-refractivity contribution >= 4 is 21.9 Å². The van der Waals surface area contributed by atoms with Crippen LogP contribution in [0, 0.1) is 0 Å². The molecule has 1 aliphatic rings. The number of carboxylic acid groups (broad SMARTS) is 1. The molecule has 0 spiro atoms. The van der Waals surface area contributed by atoms with Crippen LogP contribution in [-0.4, -0.2) is 55.9 Å². The summed E-state index contributed by atoms with van der Waals surface area (Å²) in [6, 6.07) is 3.19. The Hall–Kier alpha value is -1.31. The summed E-state index contributed by atoms with van der Waals surface area (Å²) in [5.41, 5.74) is 0.908. The molecule has 1 aromatic rings. The molecule has 0 bridgehead atoms. The van der Waals surface area contributed by atoms with Gasteiger partial charge in [-0.15, -0.1) is 0 Å². The molecule has 1 aromatic carbocycles. The van der Waals surface area contributed by atoms with Crippen LogP contribution < -0.4 is 14.8 Å². The zero-order valence-corrected chi connectivity index (χ0v) is 13.6. The number of carbonyl (C=O) groups is 1. The Balaban J connectivity index is 2.26. The third-order valence-corrected chi connectivity index (χ3v) is 4.19. The van der Waals surface area contributed by atoms with Crippen molar-refractivity contribution in [1.82, 2.24) is 10.2 Å². The fourth-order valence-electron chi connectivity index (χ4n) is 2.45. The number of rotatable bonds is 5. The zero-order chi connectivity index (χ0) is 15.4. The van der Waals surface area contributed by atoms with Crippen molar-refractivity contribution in [2.45, 2.75) is 12.6 Å². The molecule has 116 valence electrons. The number of ether oxygens (including phenoxy) is 2. The van der Waals surface area contributed by atoms with Gasteiger partial charge in [0.1, 0.15) is 17.5 Å². The molecule has 2 rings (SSSR count). The molecule has 1 fully saturated rings. The molecular formula is C14H19BrN2O4. The summed E-state index contributed by atoms with van der Waals surface area (Å²) < 4.78 is 11.5. The Labute approximate surface area is 132 Å². The van der Waals surface area contributed by atoms with E-state index in [2.05, 4.69) is 21.2 Å². The van der Waals surface area contributed by atoms with Gasteiger partial charge in [0.15, 0.2) is 0 Å². The Morgan fingerprint density at radius 2 is 2.14 bits per heavy atom. The van der Waals surface area contributed by atoms with Gasteiger partial charge in [0.2, 0.25) is 0 Å². The number of nitrogens with one attached hydrogen (secondary N) is 1. The first-order valence-corrected chi connectivity index (χ1v) is 7.44. The number of hydrogen-bond donors (Lipinski definition) is 2. The number of halogens is 1. The standard InChI is InChI=1S/C14H19BrN2O4/c1-20-12-6-10(15)13(21-2)5-9(12)8-17-4-3-16-7-11(17)14(18)19/h5-6,11,16H,3-4,7-8H2,1-2H3,(H,18,19). The minimum atomic E-state index is -0.815. The lowest BCUT2D eigenvalue weighted by Crippen LogP contribution is -2.54. The van der Waals surface area contributed by atoms with Gasteiger partial charge >= 0.3 is 5.97 Å². The normalized spacial score (nSPS) is 19.3. The molecule has 1 aliphatic heterocycles. The summed E-state index contributed by atoms with van der Waals surface area (Å²) >= 11 is 3.42. The molecule has 0 aliphatic carbocycles. The van der Waals surface area contributed by atoms with E-state index in [1.165, 1.54) is 0 Å². The third-order valence-electron chi connectivity index (χ3n) is 3.57. The molecule has 1 unspecified atom stereocenters. The van der Waals surface area contributed by atoms with Crippen molar-refractivity contribution in [2.24, 2.45) is 0 Å². The number of benzene rings is 1. The fourth-order valence-corrected chi connectivity index (χ4v) is 2.93. The lowest BCUT2D eigenvalue weighted by molar-refractivity contribution is -0.144. The van der Waals surface area contributed by atoms with E-state index in [1.807, 2.05) is 17.0 Å². The average Bonchev–Trinajstić information content (AvgIpc) is 2.48. The van der Waals surface area contributed by atoms with E-state index in [0.29, 0.717) is 31.1 Å². The zero-order valence-electron chi connectivity index (χ0n) is 12.1. The van der Waals surface area contributed by atoms with Crippen molar-refractivity contribution in [2.75, 3.05) is 33.9 Å². The van der Waals surface area contributed by atoms with Crippen LogP contribution in [0.4, 0.5) is 0 Å². The number of piperazine rings is 1. The van der Waals surface area contributed by atoms with Crippen molar-refractivity contribution in [1.29, 1.82) is 0 Å². The molecule has 0 saturated carbocycles. The van der Waals surface area contributed by atoms with E-state index in [4.69, 9.17) is 9.47 Å². The van der Waals surface area contributed by atoms with Gasteiger partial charge in [-0.3, -0.25) is 9.69 Å². The molecule has 1 saturated heterocycles. The van der Waals surface area contributed by atoms with E-state index in [-0.39, 0.29) is 0 Å². The Bertz CT molecular complexity index is 524. The first-order chi connectivity index (χ1) is 10.1. The minimum Gasteiger partial charge on any atom is -0.496 e. The van der Waals surface area contributed by atoms with Gasteiger partial charge in [0.25, 0.3) is 0 Å². The molecule has 2 N–H and O–H groups in total. The van der Waals surface area contributed by atoms with E-state index in [9.17, 15) is 9.90 Å². The second kappa shape index (κ2) is 7.11. The number of carboxylic acids is 1. The molecule has 6 nitrogen and oxygen atoms in total. The van der Waals surface area contributed by atoms with Crippen LogP contribution in [-0.2, 0) is 11.3 Å². The van der Waals surface area contributed by atoms with Crippen LogP contribution in [0.25, 0.3) is 0 Å². The van der Waals surface area contributed by atoms with Gasteiger partial charge < -0.3 is 19.9 Å². The topological polar surface area (TPSA) is 71.0 Å². The predicted molar refractivity (Wildman–Crippen MR) is 81.9 cm³/mol. The number of nitrogens with zero attached hydrogens (tertiary/aromatic N) is 1. The second-order valence-electron chi connectivity index (χ2n) is 4.83. The van der Waals surface area contributed by atoms with Crippen molar-refractivity contribution in [3.8, 4) is 11.5 Å². The molecule has 0 aromatic heterocycles. The summed E-state index contributed by atoms with van der Waals surface area (Å²) in [7, 11) is 3.20. The van der Waals surface area contributed by atoms with Crippen LogP contribution in [0.2, 0.25) is 0 Å². The number of hydrogen-bond acceptors (Lipinski definition) is 5. The Morgan fingerprint density at radius 1 is 1.43 bits per heavy atom. The first kappa shape index (κ1) is 16.1. The molecule has 21 heavy (non-hydrogen) atoms. The number of methoxy groups -OCH3 is 2. The van der Waals surface area contributed by atoms with Gasteiger partial charge in [0, 0.05) is 31.7 Å². The molecule has 7 heteroatoms. The van der Waals surface area contributed by atoms with Crippen LogP contribution in [0.15, 0.2) is 16.6 Å². The summed E-state index contributed by atoms with van der Waals surface area (Å²) in [6.07, 6.45) is 0. The summed E-state index contributed by atoms with van der Waals surface area (Å²) in [4.78, 5) is 13.3. The predicted octanol–water partition coefficient (Wildman–Crippen LogP) is 1.32. The minimum absolute atomic E-state index is 0.450. The molecule has 0 amide bonds. The van der Waals surface area contributed by atoms with Crippen molar-refractivity contribution in [3.63, 3.8) is 0 Å². The molecule has 1 atom stereocenters. The van der Waals surface area contributed by atoms with Crippen molar-refractivity contribution < 1.29 is 19.4 Å². The van der Waals surface area contributed by atoms with Crippen LogP contribution >= 0.6 is 15.9 Å². The van der Waals surface area contributed by atoms with Gasteiger partial charge in [-0.1, -0.05) is 0 Å². The Morgan fingerprint density at radius 3 is 2.76 bits per heavy atom. The summed E-state index contributed by atoms with van der Waals surface area (Å²) in [5, 5.41) is 12.4. The fraction of sp³-hybridized carbons (Fsp3) is 0.500. The van der Waals surface area contributed by atoms with Gasteiger partial charge in [-0.2, -0.15) is 0 Å². The van der Waals surface area contributed by atoms with E-state index in [0.717, 1.165) is 16.6 Å². The largest absolute Gasteiger partial charge is 0.496 e. The lowest BCUT2D eigenvalue weighted by atomic mass is 10.1. The van der Waals surface area contributed by atoms with E-state index < -0.39 is 12.0 Å². The van der Waals surface area contributed by atoms with Crippen LogP contribution in [0.5, 0.6) is 11.5 Å². The average molecular weight is 359 g/mol. The Kier molecular flexibility index (Phi) is 5.44. The van der Waals surface area contributed by atoms with Gasteiger partial charge in [-0.05, 0) is 28.1 Å². The highest BCUT2D eigenvalue weighted by molar-refractivity contribution is 9.10. The van der Waals surface area contributed by atoms with Crippen LogP contribution in [0.3, 0.4) is 0 Å². The van der Waals surface area contributed by atoms with Crippen LogP contribution in [0.1, 0.15) is 5.56 Å². The highest BCUT2D eigenvalue weighted by Crippen LogP contribution is 2.33. The van der Waals surface area contributed by atoms with Gasteiger partial charge in [-0.25, -0.2) is 0 Å². The van der Waals surface area contributed by atoms with Gasteiger partial charge in [0.05, 0.1) is 18.7 Å². The van der Waals surface area contributed by atoms with E-state index >= 15 is 0 Å². The highest BCUT2D eigenvalue weighted by Gasteiger charge is 2.29. The quantitative estimate of drug-likeness (QED) is 0.827.